The Hall–Kier alpha value is -2.95. The largest absolute Gasteiger partial charge is 0.330 e. The van der Waals surface area contributed by atoms with Gasteiger partial charge in [-0.3, -0.25) is 4.79 Å². The lowest BCUT2D eigenvalue weighted by Gasteiger charge is -2.21. The minimum atomic E-state index is -0.281. The molecule has 1 aromatic heterocycles. The second-order valence-corrected chi connectivity index (χ2v) is 6.67. The Balaban J connectivity index is 1.62. The minimum Gasteiger partial charge on any atom is -0.330 e. The smallest absolute Gasteiger partial charge is 0.274 e. The Morgan fingerprint density at radius 1 is 1.15 bits per heavy atom. The molecule has 0 unspecified atom stereocenters. The zero-order valence-electron chi connectivity index (χ0n) is 14.6. The number of para-hydroxylation sites is 1. The SMILES string of the molecule is Cc1cc(C(=O)N(Cc2ccccc2F)C2CC2)nn1-c1ccccc1. The van der Waals surface area contributed by atoms with Crippen LogP contribution in [0.25, 0.3) is 5.69 Å². The minimum absolute atomic E-state index is 0.145. The zero-order chi connectivity index (χ0) is 18.1. The van der Waals surface area contributed by atoms with Crippen molar-refractivity contribution in [2.24, 2.45) is 0 Å². The van der Waals surface area contributed by atoms with Gasteiger partial charge in [0.1, 0.15) is 5.82 Å². The van der Waals surface area contributed by atoms with Crippen LogP contribution in [0, 0.1) is 12.7 Å². The van der Waals surface area contributed by atoms with Crippen molar-refractivity contribution < 1.29 is 9.18 Å². The van der Waals surface area contributed by atoms with Gasteiger partial charge in [-0.1, -0.05) is 36.4 Å². The molecule has 26 heavy (non-hydrogen) atoms. The van der Waals surface area contributed by atoms with E-state index in [1.165, 1.54) is 6.07 Å². The highest BCUT2D eigenvalue weighted by Crippen LogP contribution is 2.30. The molecule has 3 aromatic rings. The Kier molecular flexibility index (Phi) is 4.29. The lowest BCUT2D eigenvalue weighted by molar-refractivity contribution is 0.0722. The summed E-state index contributed by atoms with van der Waals surface area (Å²) in [6.45, 7) is 2.20. The molecule has 0 radical (unpaired) electrons. The van der Waals surface area contributed by atoms with Crippen LogP contribution in [0.3, 0.4) is 0 Å². The van der Waals surface area contributed by atoms with Crippen LogP contribution in [0.5, 0.6) is 0 Å². The fourth-order valence-electron chi connectivity index (χ4n) is 3.12. The van der Waals surface area contributed by atoms with Crippen molar-refractivity contribution in [1.29, 1.82) is 0 Å². The van der Waals surface area contributed by atoms with Crippen LogP contribution in [0.4, 0.5) is 4.39 Å². The third kappa shape index (κ3) is 3.25. The fourth-order valence-corrected chi connectivity index (χ4v) is 3.12. The summed E-state index contributed by atoms with van der Waals surface area (Å²) in [6.07, 6.45) is 1.91. The molecule has 0 atom stereocenters. The quantitative estimate of drug-likeness (QED) is 0.695. The molecule has 1 fully saturated rings. The van der Waals surface area contributed by atoms with Crippen molar-refractivity contribution in [2.75, 3.05) is 0 Å². The number of carbonyl (C=O) groups is 1. The summed E-state index contributed by atoms with van der Waals surface area (Å²) in [4.78, 5) is 14.8. The maximum Gasteiger partial charge on any atom is 0.274 e. The highest BCUT2D eigenvalue weighted by Gasteiger charge is 2.34. The first-order valence-electron chi connectivity index (χ1n) is 8.80. The van der Waals surface area contributed by atoms with E-state index in [1.807, 2.05) is 37.3 Å². The van der Waals surface area contributed by atoms with Gasteiger partial charge in [0.2, 0.25) is 0 Å². The van der Waals surface area contributed by atoms with Crippen LogP contribution >= 0.6 is 0 Å². The Labute approximate surface area is 151 Å². The highest BCUT2D eigenvalue weighted by atomic mass is 19.1. The molecule has 0 saturated heterocycles. The van der Waals surface area contributed by atoms with Gasteiger partial charge in [0.25, 0.3) is 5.91 Å². The average molecular weight is 349 g/mol. The van der Waals surface area contributed by atoms with E-state index in [0.717, 1.165) is 24.2 Å². The second-order valence-electron chi connectivity index (χ2n) is 6.67. The monoisotopic (exact) mass is 349 g/mol. The number of halogens is 1. The molecule has 2 aromatic carbocycles. The summed E-state index contributed by atoms with van der Waals surface area (Å²) < 4.78 is 15.8. The second kappa shape index (κ2) is 6.75. The predicted octanol–water partition coefficient (Wildman–Crippen LogP) is 4.12. The molecule has 1 amide bonds. The molecule has 4 rings (SSSR count). The first-order valence-corrected chi connectivity index (χ1v) is 8.80. The summed E-state index contributed by atoms with van der Waals surface area (Å²) >= 11 is 0. The number of aromatic nitrogens is 2. The number of aryl methyl sites for hydroxylation is 1. The molecule has 5 heteroatoms. The van der Waals surface area contributed by atoms with Crippen molar-refractivity contribution >= 4 is 5.91 Å². The lowest BCUT2D eigenvalue weighted by Crippen LogP contribution is -2.33. The van der Waals surface area contributed by atoms with E-state index >= 15 is 0 Å². The highest BCUT2D eigenvalue weighted by molar-refractivity contribution is 5.93. The molecular formula is C21H20FN3O. The van der Waals surface area contributed by atoms with Crippen LogP contribution < -0.4 is 0 Å². The van der Waals surface area contributed by atoms with Gasteiger partial charge in [0.05, 0.1) is 5.69 Å². The van der Waals surface area contributed by atoms with Crippen LogP contribution in [0.2, 0.25) is 0 Å². The molecule has 1 aliphatic rings. The van der Waals surface area contributed by atoms with Crippen LogP contribution in [-0.2, 0) is 6.54 Å². The van der Waals surface area contributed by atoms with Crippen molar-refractivity contribution in [1.82, 2.24) is 14.7 Å². The van der Waals surface area contributed by atoms with E-state index < -0.39 is 0 Å². The van der Waals surface area contributed by atoms with Crippen LogP contribution in [-0.4, -0.2) is 26.6 Å². The van der Waals surface area contributed by atoms with E-state index in [2.05, 4.69) is 5.10 Å². The van der Waals surface area contributed by atoms with Crippen LogP contribution in [0.1, 0.15) is 34.6 Å². The van der Waals surface area contributed by atoms with Crippen molar-refractivity contribution in [2.45, 2.75) is 32.4 Å². The number of hydrogen-bond donors (Lipinski definition) is 0. The molecular weight excluding hydrogens is 329 g/mol. The summed E-state index contributed by atoms with van der Waals surface area (Å²) in [6, 6.07) is 18.3. The number of carbonyl (C=O) groups excluding carboxylic acids is 1. The van der Waals surface area contributed by atoms with Gasteiger partial charge in [0.15, 0.2) is 5.69 Å². The fraction of sp³-hybridized carbons (Fsp3) is 0.238. The molecule has 0 bridgehead atoms. The van der Waals surface area contributed by atoms with E-state index in [0.29, 0.717) is 11.3 Å². The Morgan fingerprint density at radius 2 is 1.85 bits per heavy atom. The lowest BCUT2D eigenvalue weighted by atomic mass is 10.2. The van der Waals surface area contributed by atoms with Crippen molar-refractivity contribution in [3.8, 4) is 5.69 Å². The van der Waals surface area contributed by atoms with Crippen LogP contribution in [0.15, 0.2) is 60.7 Å². The number of hydrogen-bond acceptors (Lipinski definition) is 2. The van der Waals surface area contributed by atoms with Gasteiger partial charge in [-0.25, -0.2) is 9.07 Å². The number of nitrogens with zero attached hydrogens (tertiary/aromatic N) is 3. The van der Waals surface area contributed by atoms with E-state index in [-0.39, 0.29) is 24.3 Å². The zero-order valence-corrected chi connectivity index (χ0v) is 14.6. The summed E-state index contributed by atoms with van der Waals surface area (Å²) in [5.41, 5.74) is 2.74. The first-order chi connectivity index (χ1) is 12.6. The molecule has 1 saturated carbocycles. The molecule has 1 heterocycles. The van der Waals surface area contributed by atoms with E-state index in [9.17, 15) is 9.18 Å². The Morgan fingerprint density at radius 3 is 2.54 bits per heavy atom. The van der Waals surface area contributed by atoms with Gasteiger partial charge in [0, 0.05) is 23.8 Å². The van der Waals surface area contributed by atoms with Gasteiger partial charge in [-0.15, -0.1) is 0 Å². The molecule has 0 spiro atoms. The molecule has 1 aliphatic carbocycles. The van der Waals surface area contributed by atoms with E-state index in [1.54, 1.807) is 33.8 Å². The maximum atomic E-state index is 14.0. The molecule has 0 N–H and O–H groups in total. The predicted molar refractivity (Wildman–Crippen MR) is 97.6 cm³/mol. The normalized spacial score (nSPS) is 13.6. The van der Waals surface area contributed by atoms with Gasteiger partial charge >= 0.3 is 0 Å². The van der Waals surface area contributed by atoms with Crippen molar-refractivity contribution in [3.05, 3.63) is 83.4 Å². The molecule has 0 aliphatic heterocycles. The number of benzene rings is 2. The first kappa shape index (κ1) is 16.5. The number of amides is 1. The van der Waals surface area contributed by atoms with E-state index in [4.69, 9.17) is 0 Å². The van der Waals surface area contributed by atoms with Gasteiger partial charge < -0.3 is 4.90 Å². The number of rotatable bonds is 5. The average Bonchev–Trinajstić information content (AvgIpc) is 3.42. The third-order valence-electron chi connectivity index (χ3n) is 4.65. The van der Waals surface area contributed by atoms with Crippen molar-refractivity contribution in [3.63, 3.8) is 0 Å². The standard InChI is InChI=1S/C21H20FN3O/c1-15-13-20(23-25(15)18-8-3-2-4-9-18)21(26)24(17-11-12-17)14-16-7-5-6-10-19(16)22/h2-10,13,17H,11-12,14H2,1H3. The van der Waals surface area contributed by atoms with Gasteiger partial charge in [-0.2, -0.15) is 5.10 Å². The summed E-state index contributed by atoms with van der Waals surface area (Å²) in [7, 11) is 0. The summed E-state index contributed by atoms with van der Waals surface area (Å²) in [5, 5.41) is 4.51. The topological polar surface area (TPSA) is 38.1 Å². The maximum absolute atomic E-state index is 14.0. The molecule has 132 valence electrons. The summed E-state index contributed by atoms with van der Waals surface area (Å²) in [5.74, 6) is -0.425. The van der Waals surface area contributed by atoms with Gasteiger partial charge in [-0.05, 0) is 44.0 Å². The third-order valence-corrected chi connectivity index (χ3v) is 4.65. The Bertz CT molecular complexity index is 931. The molecule has 4 nitrogen and oxygen atoms in total.